The number of hydrogen-bond acceptors (Lipinski definition) is 2. The standard InChI is InChI=1S/C11H12N2O/c1-8-7-13-9(2)6-10(8)4-5-11(14)12-3/h4-7H,3H2,1-2H3. The van der Waals surface area contributed by atoms with Gasteiger partial charge in [-0.3, -0.25) is 9.78 Å². The Morgan fingerprint density at radius 1 is 1.57 bits per heavy atom. The monoisotopic (exact) mass is 188 g/mol. The van der Waals surface area contributed by atoms with Gasteiger partial charge in [0.25, 0.3) is 5.91 Å². The zero-order valence-electron chi connectivity index (χ0n) is 8.32. The fraction of sp³-hybridized carbons (Fsp3) is 0.182. The third kappa shape index (κ3) is 2.62. The van der Waals surface area contributed by atoms with Gasteiger partial charge in [-0.25, -0.2) is 4.99 Å². The van der Waals surface area contributed by atoms with E-state index in [1.807, 2.05) is 19.9 Å². The Morgan fingerprint density at radius 2 is 2.29 bits per heavy atom. The Balaban J connectivity index is 2.96. The second-order valence-corrected chi connectivity index (χ2v) is 3.01. The van der Waals surface area contributed by atoms with E-state index in [9.17, 15) is 4.79 Å². The Kier molecular flexibility index (Phi) is 3.29. The van der Waals surface area contributed by atoms with Crippen LogP contribution in [0.25, 0.3) is 6.08 Å². The lowest BCUT2D eigenvalue weighted by molar-refractivity contribution is -0.113. The number of nitrogens with zero attached hydrogens (tertiary/aromatic N) is 2. The van der Waals surface area contributed by atoms with E-state index in [2.05, 4.69) is 16.7 Å². The number of aromatic nitrogens is 1. The van der Waals surface area contributed by atoms with Crippen molar-refractivity contribution in [3.8, 4) is 0 Å². The summed E-state index contributed by atoms with van der Waals surface area (Å²) in [5.41, 5.74) is 2.94. The van der Waals surface area contributed by atoms with Crippen molar-refractivity contribution in [3.05, 3.63) is 35.2 Å². The summed E-state index contributed by atoms with van der Waals surface area (Å²) < 4.78 is 0. The molecule has 0 aliphatic rings. The third-order valence-electron chi connectivity index (χ3n) is 1.84. The number of rotatable bonds is 2. The molecule has 0 saturated heterocycles. The van der Waals surface area contributed by atoms with Crippen LogP contribution in [-0.2, 0) is 4.79 Å². The fourth-order valence-electron chi connectivity index (χ4n) is 1.04. The van der Waals surface area contributed by atoms with E-state index >= 15 is 0 Å². The van der Waals surface area contributed by atoms with Crippen LogP contribution >= 0.6 is 0 Å². The maximum atomic E-state index is 10.8. The number of carbonyl (C=O) groups excluding carboxylic acids is 1. The quantitative estimate of drug-likeness (QED) is 0.525. The van der Waals surface area contributed by atoms with Crippen molar-refractivity contribution in [1.29, 1.82) is 0 Å². The zero-order valence-corrected chi connectivity index (χ0v) is 8.32. The van der Waals surface area contributed by atoms with Crippen LogP contribution in [0, 0.1) is 13.8 Å². The zero-order chi connectivity index (χ0) is 10.6. The maximum absolute atomic E-state index is 10.8. The minimum atomic E-state index is -0.334. The molecule has 0 unspecified atom stereocenters. The Labute approximate surface area is 83.2 Å². The molecule has 1 amide bonds. The molecule has 0 atom stereocenters. The fourth-order valence-corrected chi connectivity index (χ4v) is 1.04. The summed E-state index contributed by atoms with van der Waals surface area (Å²) in [5, 5.41) is 0. The molecule has 0 aliphatic carbocycles. The van der Waals surface area contributed by atoms with Gasteiger partial charge in [0.15, 0.2) is 0 Å². The first-order valence-electron chi connectivity index (χ1n) is 4.25. The highest BCUT2D eigenvalue weighted by Gasteiger charge is 1.96. The third-order valence-corrected chi connectivity index (χ3v) is 1.84. The first-order chi connectivity index (χ1) is 6.63. The highest BCUT2D eigenvalue weighted by atomic mass is 16.1. The van der Waals surface area contributed by atoms with Gasteiger partial charge in [0.05, 0.1) is 0 Å². The average molecular weight is 188 g/mol. The molecule has 0 spiro atoms. The van der Waals surface area contributed by atoms with Gasteiger partial charge in [0.1, 0.15) is 0 Å². The SMILES string of the molecule is C=NC(=O)C=Cc1cc(C)ncc1C. The van der Waals surface area contributed by atoms with Crippen molar-refractivity contribution in [2.75, 3.05) is 0 Å². The molecule has 1 rings (SSSR count). The van der Waals surface area contributed by atoms with Gasteiger partial charge >= 0.3 is 0 Å². The summed E-state index contributed by atoms with van der Waals surface area (Å²) >= 11 is 0. The normalized spacial score (nSPS) is 10.4. The van der Waals surface area contributed by atoms with Crippen LogP contribution < -0.4 is 0 Å². The lowest BCUT2D eigenvalue weighted by Crippen LogP contribution is -1.88. The summed E-state index contributed by atoms with van der Waals surface area (Å²) in [6, 6.07) is 1.92. The molecular formula is C11H12N2O. The van der Waals surface area contributed by atoms with E-state index in [1.165, 1.54) is 6.08 Å². The molecule has 0 saturated carbocycles. The predicted octanol–water partition coefficient (Wildman–Crippen LogP) is 1.94. The van der Waals surface area contributed by atoms with Gasteiger partial charge < -0.3 is 0 Å². The summed E-state index contributed by atoms with van der Waals surface area (Å²) in [5.74, 6) is -0.334. The Morgan fingerprint density at radius 3 is 2.93 bits per heavy atom. The molecule has 3 heteroatoms. The molecule has 0 aliphatic heterocycles. The summed E-state index contributed by atoms with van der Waals surface area (Å²) in [7, 11) is 0. The average Bonchev–Trinajstić information content (AvgIpc) is 2.19. The van der Waals surface area contributed by atoms with Crippen LogP contribution in [0.15, 0.2) is 23.3 Å². The lowest BCUT2D eigenvalue weighted by Gasteiger charge is -1.99. The van der Waals surface area contributed by atoms with Crippen molar-refractivity contribution in [3.63, 3.8) is 0 Å². The van der Waals surface area contributed by atoms with Crippen LogP contribution in [0.3, 0.4) is 0 Å². The maximum Gasteiger partial charge on any atom is 0.269 e. The van der Waals surface area contributed by atoms with Crippen molar-refractivity contribution in [1.82, 2.24) is 4.98 Å². The van der Waals surface area contributed by atoms with Gasteiger partial charge in [-0.05, 0) is 43.8 Å². The first kappa shape index (κ1) is 10.3. The van der Waals surface area contributed by atoms with Gasteiger partial charge in [0, 0.05) is 18.0 Å². The van der Waals surface area contributed by atoms with Crippen LogP contribution in [0.5, 0.6) is 0 Å². The topological polar surface area (TPSA) is 42.3 Å². The molecule has 0 bridgehead atoms. The molecule has 1 aromatic rings. The first-order valence-corrected chi connectivity index (χ1v) is 4.25. The second kappa shape index (κ2) is 4.46. The van der Waals surface area contributed by atoms with Crippen LogP contribution in [0.2, 0.25) is 0 Å². The summed E-state index contributed by atoms with van der Waals surface area (Å²) in [4.78, 5) is 18.2. The number of aryl methyl sites for hydroxylation is 2. The number of hydrogen-bond donors (Lipinski definition) is 0. The van der Waals surface area contributed by atoms with E-state index < -0.39 is 0 Å². The van der Waals surface area contributed by atoms with E-state index in [4.69, 9.17) is 0 Å². The van der Waals surface area contributed by atoms with Gasteiger partial charge in [-0.15, -0.1) is 0 Å². The number of carbonyl (C=O) groups is 1. The predicted molar refractivity (Wildman–Crippen MR) is 57.3 cm³/mol. The largest absolute Gasteiger partial charge is 0.269 e. The Hall–Kier alpha value is -1.77. The molecule has 0 aromatic carbocycles. The summed E-state index contributed by atoms with van der Waals surface area (Å²) in [6.45, 7) is 7.00. The van der Waals surface area contributed by atoms with Crippen molar-refractivity contribution >= 4 is 18.7 Å². The molecule has 1 aromatic heterocycles. The van der Waals surface area contributed by atoms with Gasteiger partial charge in [-0.2, -0.15) is 0 Å². The van der Waals surface area contributed by atoms with Gasteiger partial charge in [0.2, 0.25) is 0 Å². The van der Waals surface area contributed by atoms with Crippen LogP contribution in [0.1, 0.15) is 16.8 Å². The number of aliphatic imine (C=N–C) groups is 1. The lowest BCUT2D eigenvalue weighted by atomic mass is 10.1. The van der Waals surface area contributed by atoms with Crippen LogP contribution in [0.4, 0.5) is 0 Å². The molecule has 0 fully saturated rings. The molecule has 14 heavy (non-hydrogen) atoms. The molecule has 3 nitrogen and oxygen atoms in total. The highest BCUT2D eigenvalue weighted by Crippen LogP contribution is 2.09. The highest BCUT2D eigenvalue weighted by molar-refractivity contribution is 5.94. The number of amides is 1. The number of pyridine rings is 1. The van der Waals surface area contributed by atoms with Gasteiger partial charge in [-0.1, -0.05) is 0 Å². The van der Waals surface area contributed by atoms with Crippen molar-refractivity contribution in [2.24, 2.45) is 4.99 Å². The van der Waals surface area contributed by atoms with Crippen LogP contribution in [-0.4, -0.2) is 17.6 Å². The van der Waals surface area contributed by atoms with E-state index in [-0.39, 0.29) is 5.91 Å². The Bertz CT molecular complexity index is 394. The van der Waals surface area contributed by atoms with E-state index in [0.717, 1.165) is 16.8 Å². The minimum absolute atomic E-state index is 0.334. The molecule has 1 heterocycles. The van der Waals surface area contributed by atoms with E-state index in [1.54, 1.807) is 12.3 Å². The van der Waals surface area contributed by atoms with Crippen molar-refractivity contribution in [2.45, 2.75) is 13.8 Å². The smallest absolute Gasteiger partial charge is 0.268 e. The van der Waals surface area contributed by atoms with E-state index in [0.29, 0.717) is 0 Å². The molecular weight excluding hydrogens is 176 g/mol. The summed E-state index contributed by atoms with van der Waals surface area (Å²) in [6.07, 6.45) is 4.90. The van der Waals surface area contributed by atoms with Crippen molar-refractivity contribution < 1.29 is 4.79 Å². The minimum Gasteiger partial charge on any atom is -0.268 e. The molecule has 0 radical (unpaired) electrons. The molecule has 0 N–H and O–H groups in total. The molecule has 72 valence electrons. The second-order valence-electron chi connectivity index (χ2n) is 3.01.